The summed E-state index contributed by atoms with van der Waals surface area (Å²) in [4.78, 5) is 25.1. The molecule has 0 saturated carbocycles. The van der Waals surface area contributed by atoms with Crippen LogP contribution in [-0.2, 0) is 0 Å². The van der Waals surface area contributed by atoms with Crippen molar-refractivity contribution in [3.05, 3.63) is 81.5 Å². The molecule has 0 aliphatic rings. The molecule has 4 aromatic rings. The van der Waals surface area contributed by atoms with Crippen molar-refractivity contribution in [3.8, 4) is 0 Å². The van der Waals surface area contributed by atoms with Crippen LogP contribution < -0.4 is 10.7 Å². The first-order valence-electron chi connectivity index (χ1n) is 9.29. The van der Waals surface area contributed by atoms with E-state index >= 15 is 0 Å². The zero-order chi connectivity index (χ0) is 22.0. The summed E-state index contributed by atoms with van der Waals surface area (Å²) in [5, 5.41) is 11.9. The fourth-order valence-corrected chi connectivity index (χ4v) is 4.28. The third-order valence-electron chi connectivity index (χ3n) is 4.49. The van der Waals surface area contributed by atoms with Crippen LogP contribution in [0.25, 0.3) is 10.1 Å². The third kappa shape index (κ3) is 4.50. The minimum atomic E-state index is -0.364. The summed E-state index contributed by atoms with van der Waals surface area (Å²) in [6.07, 6.45) is 0. The zero-order valence-corrected chi connectivity index (χ0v) is 18.2. The lowest BCUT2D eigenvalue weighted by molar-refractivity contribution is 0.0958. The second-order valence-corrected chi connectivity index (χ2v) is 8.16. The van der Waals surface area contributed by atoms with Crippen LogP contribution in [0.4, 0.5) is 5.69 Å². The highest BCUT2D eigenvalue weighted by Gasteiger charge is 2.16. The molecule has 2 aromatic heterocycles. The Morgan fingerprint density at radius 3 is 2.52 bits per heavy atom. The number of anilines is 1. The van der Waals surface area contributed by atoms with Gasteiger partial charge in [0.15, 0.2) is 5.69 Å². The second kappa shape index (κ2) is 8.71. The summed E-state index contributed by atoms with van der Waals surface area (Å²) in [5.41, 5.74) is 4.76. The Hall–Kier alpha value is -3.49. The molecule has 0 aliphatic heterocycles. The molecule has 31 heavy (non-hydrogen) atoms. The summed E-state index contributed by atoms with van der Waals surface area (Å²) in [5.74, 6) is -0.161. The van der Waals surface area contributed by atoms with Gasteiger partial charge in [-0.2, -0.15) is 5.10 Å². The van der Waals surface area contributed by atoms with Gasteiger partial charge in [0.25, 0.3) is 11.8 Å². The van der Waals surface area contributed by atoms with Gasteiger partial charge in [-0.1, -0.05) is 47.1 Å². The van der Waals surface area contributed by atoms with Crippen molar-refractivity contribution < 1.29 is 14.1 Å². The van der Waals surface area contributed by atoms with Gasteiger partial charge >= 0.3 is 0 Å². The molecule has 7 nitrogen and oxygen atoms in total. The van der Waals surface area contributed by atoms with Crippen molar-refractivity contribution in [1.29, 1.82) is 0 Å². The van der Waals surface area contributed by atoms with Crippen molar-refractivity contribution in [2.75, 3.05) is 5.32 Å². The monoisotopic (exact) mass is 452 g/mol. The number of fused-ring (bicyclic) bond motifs is 1. The van der Waals surface area contributed by atoms with Gasteiger partial charge in [-0.3, -0.25) is 9.59 Å². The maximum Gasteiger partial charge on any atom is 0.283 e. The van der Waals surface area contributed by atoms with Crippen LogP contribution in [0.1, 0.15) is 38.4 Å². The SMILES string of the molecule is CC(=NNC(=O)c1sc2ccccc2c1Cl)c1ccc(NC(=O)c2cc(C)on2)cc1. The molecule has 2 heterocycles. The first-order valence-corrected chi connectivity index (χ1v) is 10.5. The first kappa shape index (κ1) is 20.8. The van der Waals surface area contributed by atoms with E-state index in [0.29, 0.717) is 27.1 Å². The molecule has 0 saturated heterocycles. The molecule has 2 amide bonds. The summed E-state index contributed by atoms with van der Waals surface area (Å²) in [7, 11) is 0. The van der Waals surface area contributed by atoms with Gasteiger partial charge in [0.2, 0.25) is 0 Å². The Labute approximate surface area is 186 Å². The fourth-order valence-electron chi connectivity index (χ4n) is 2.87. The van der Waals surface area contributed by atoms with Gasteiger partial charge in [0.05, 0.1) is 10.7 Å². The highest BCUT2D eigenvalue weighted by atomic mass is 35.5. The lowest BCUT2D eigenvalue weighted by Crippen LogP contribution is -2.18. The van der Waals surface area contributed by atoms with Crippen molar-refractivity contribution in [1.82, 2.24) is 10.6 Å². The van der Waals surface area contributed by atoms with Crippen LogP contribution in [-0.4, -0.2) is 22.7 Å². The smallest absolute Gasteiger partial charge is 0.283 e. The number of amides is 2. The molecule has 4 rings (SSSR count). The molecule has 0 unspecified atom stereocenters. The largest absolute Gasteiger partial charge is 0.361 e. The minimum absolute atomic E-state index is 0.210. The number of hydrazone groups is 1. The number of aromatic nitrogens is 1. The maximum atomic E-state index is 12.5. The van der Waals surface area contributed by atoms with E-state index in [9.17, 15) is 9.59 Å². The average Bonchev–Trinajstić information content (AvgIpc) is 3.36. The van der Waals surface area contributed by atoms with Crippen molar-refractivity contribution >= 4 is 56.2 Å². The number of rotatable bonds is 5. The first-order chi connectivity index (χ1) is 14.9. The van der Waals surface area contributed by atoms with E-state index in [1.807, 2.05) is 24.3 Å². The number of thiophene rings is 1. The number of carbonyl (C=O) groups excluding carboxylic acids is 2. The number of aryl methyl sites for hydroxylation is 1. The minimum Gasteiger partial charge on any atom is -0.361 e. The standard InChI is InChI=1S/C22H17ClN4O3S/c1-12-11-17(27-30-12)21(28)24-15-9-7-14(8-10-15)13(2)25-26-22(29)20-19(23)16-5-3-4-6-18(16)31-20/h3-11H,1-2H3,(H,24,28)(H,26,29). The average molecular weight is 453 g/mol. The summed E-state index contributed by atoms with van der Waals surface area (Å²) in [6, 6.07) is 16.2. The normalized spacial score (nSPS) is 11.5. The Morgan fingerprint density at radius 2 is 1.84 bits per heavy atom. The highest BCUT2D eigenvalue weighted by molar-refractivity contribution is 7.21. The fraction of sp³-hybridized carbons (Fsp3) is 0.0909. The third-order valence-corrected chi connectivity index (χ3v) is 6.16. The molecule has 9 heteroatoms. The van der Waals surface area contributed by atoms with Crippen LogP contribution in [0.15, 0.2) is 64.2 Å². The molecule has 0 radical (unpaired) electrons. The van der Waals surface area contributed by atoms with Crippen molar-refractivity contribution in [2.45, 2.75) is 13.8 Å². The second-order valence-electron chi connectivity index (χ2n) is 6.73. The molecule has 0 fully saturated rings. The van der Waals surface area contributed by atoms with Gasteiger partial charge in [-0.25, -0.2) is 5.43 Å². The number of carbonyl (C=O) groups is 2. The van der Waals surface area contributed by atoms with E-state index in [2.05, 4.69) is 21.0 Å². The molecule has 0 spiro atoms. The number of hydrogen-bond donors (Lipinski definition) is 2. The maximum absolute atomic E-state index is 12.5. The van der Waals surface area contributed by atoms with Gasteiger partial charge in [-0.15, -0.1) is 11.3 Å². The predicted octanol–water partition coefficient (Wildman–Crippen LogP) is 5.26. The quantitative estimate of drug-likeness (QED) is 0.319. The summed E-state index contributed by atoms with van der Waals surface area (Å²) < 4.78 is 5.85. The number of benzene rings is 2. The molecular weight excluding hydrogens is 436 g/mol. The van der Waals surface area contributed by atoms with E-state index < -0.39 is 0 Å². The Kier molecular flexibility index (Phi) is 5.83. The van der Waals surface area contributed by atoms with Crippen LogP contribution in [0.5, 0.6) is 0 Å². The molecule has 0 aliphatic carbocycles. The molecule has 2 aromatic carbocycles. The van der Waals surface area contributed by atoms with E-state index in [4.69, 9.17) is 16.1 Å². The molecule has 156 valence electrons. The number of hydrogen-bond acceptors (Lipinski definition) is 6. The highest BCUT2D eigenvalue weighted by Crippen LogP contribution is 2.34. The molecule has 0 atom stereocenters. The van der Waals surface area contributed by atoms with Gasteiger partial charge in [0.1, 0.15) is 10.6 Å². The number of nitrogens with zero attached hydrogens (tertiary/aromatic N) is 2. The van der Waals surface area contributed by atoms with Crippen LogP contribution >= 0.6 is 22.9 Å². The van der Waals surface area contributed by atoms with Gasteiger partial charge < -0.3 is 9.84 Å². The van der Waals surface area contributed by atoms with E-state index in [1.54, 1.807) is 44.2 Å². The van der Waals surface area contributed by atoms with Crippen LogP contribution in [0.3, 0.4) is 0 Å². The van der Waals surface area contributed by atoms with Gasteiger partial charge in [0, 0.05) is 21.8 Å². The van der Waals surface area contributed by atoms with E-state index in [1.165, 1.54) is 11.3 Å². The lowest BCUT2D eigenvalue weighted by atomic mass is 10.1. The number of nitrogens with one attached hydrogen (secondary N) is 2. The summed E-state index contributed by atoms with van der Waals surface area (Å²) >= 11 is 7.67. The van der Waals surface area contributed by atoms with Crippen LogP contribution in [0, 0.1) is 6.92 Å². The van der Waals surface area contributed by atoms with Crippen LogP contribution in [0.2, 0.25) is 5.02 Å². The predicted molar refractivity (Wildman–Crippen MR) is 122 cm³/mol. The Bertz CT molecular complexity index is 1310. The van der Waals surface area contributed by atoms with E-state index in [-0.39, 0.29) is 17.5 Å². The Morgan fingerprint density at radius 1 is 1.10 bits per heavy atom. The Balaban J connectivity index is 1.42. The van der Waals surface area contributed by atoms with Gasteiger partial charge in [-0.05, 0) is 37.6 Å². The number of halogens is 1. The molecular formula is C22H17ClN4O3S. The topological polar surface area (TPSA) is 96.6 Å². The van der Waals surface area contributed by atoms with Crippen molar-refractivity contribution in [3.63, 3.8) is 0 Å². The van der Waals surface area contributed by atoms with Crippen molar-refractivity contribution in [2.24, 2.45) is 5.10 Å². The summed E-state index contributed by atoms with van der Waals surface area (Å²) in [6.45, 7) is 3.49. The molecule has 2 N–H and O–H groups in total. The zero-order valence-electron chi connectivity index (χ0n) is 16.6. The van der Waals surface area contributed by atoms with E-state index in [0.717, 1.165) is 15.6 Å². The lowest BCUT2D eigenvalue weighted by Gasteiger charge is -2.05. The molecule has 0 bridgehead atoms.